The molecule has 0 aliphatic heterocycles. The van der Waals surface area contributed by atoms with Crippen molar-refractivity contribution in [1.82, 2.24) is 0 Å². The van der Waals surface area contributed by atoms with Crippen LogP contribution in [0.5, 0.6) is 0 Å². The molecule has 0 atom stereocenters. The summed E-state index contributed by atoms with van der Waals surface area (Å²) >= 11 is 0. The standard InChI is InChI=1S/C19H18BN3/c1-13-11-19(23(3)20)14(2)10-18(13)22-21-17-9-8-15-6-4-5-7-16(15)12-17/h4-12H,1-3H3. The zero-order valence-corrected chi connectivity index (χ0v) is 13.6. The van der Waals surface area contributed by atoms with Gasteiger partial charge in [-0.1, -0.05) is 30.3 Å². The van der Waals surface area contributed by atoms with Crippen LogP contribution in [0.3, 0.4) is 0 Å². The lowest BCUT2D eigenvalue weighted by molar-refractivity contribution is 1.19. The van der Waals surface area contributed by atoms with E-state index in [9.17, 15) is 0 Å². The summed E-state index contributed by atoms with van der Waals surface area (Å²) in [6.07, 6.45) is 0. The van der Waals surface area contributed by atoms with Crippen molar-refractivity contribution in [3.63, 3.8) is 0 Å². The van der Waals surface area contributed by atoms with E-state index in [0.717, 1.165) is 33.6 Å². The maximum atomic E-state index is 5.83. The van der Waals surface area contributed by atoms with Gasteiger partial charge in [0.25, 0.3) is 0 Å². The quantitative estimate of drug-likeness (QED) is 0.470. The van der Waals surface area contributed by atoms with Crippen molar-refractivity contribution in [2.24, 2.45) is 10.2 Å². The molecule has 112 valence electrons. The highest BCUT2D eigenvalue weighted by Crippen LogP contribution is 2.30. The molecular formula is C19H18BN3. The van der Waals surface area contributed by atoms with Crippen molar-refractivity contribution in [2.75, 3.05) is 11.9 Å². The second kappa shape index (κ2) is 6.25. The lowest BCUT2D eigenvalue weighted by Gasteiger charge is -2.17. The largest absolute Gasteiger partial charge is 0.427 e. The average molecular weight is 299 g/mol. The van der Waals surface area contributed by atoms with Crippen molar-refractivity contribution in [1.29, 1.82) is 0 Å². The Labute approximate surface area is 138 Å². The minimum Gasteiger partial charge on any atom is -0.427 e. The smallest absolute Gasteiger partial charge is 0.226 e. The molecule has 0 aliphatic rings. The van der Waals surface area contributed by atoms with Crippen LogP contribution >= 0.6 is 0 Å². The van der Waals surface area contributed by atoms with Crippen LogP contribution in [0, 0.1) is 13.8 Å². The van der Waals surface area contributed by atoms with Gasteiger partial charge in [0, 0.05) is 5.69 Å². The molecule has 0 N–H and O–H groups in total. The summed E-state index contributed by atoms with van der Waals surface area (Å²) in [5.41, 5.74) is 4.83. The van der Waals surface area contributed by atoms with Gasteiger partial charge in [-0.25, -0.2) is 0 Å². The maximum Gasteiger partial charge on any atom is 0.226 e. The average Bonchev–Trinajstić information content (AvgIpc) is 2.54. The molecule has 0 aromatic heterocycles. The second-order valence-electron chi connectivity index (χ2n) is 5.77. The number of nitrogens with zero attached hydrogens (tertiary/aromatic N) is 3. The monoisotopic (exact) mass is 299 g/mol. The summed E-state index contributed by atoms with van der Waals surface area (Å²) in [4.78, 5) is 1.62. The highest BCUT2D eigenvalue weighted by atomic mass is 15.1. The fourth-order valence-corrected chi connectivity index (χ4v) is 2.62. The summed E-state index contributed by atoms with van der Waals surface area (Å²) in [5, 5.41) is 11.2. The number of hydrogen-bond donors (Lipinski definition) is 0. The van der Waals surface area contributed by atoms with Gasteiger partial charge >= 0.3 is 0 Å². The van der Waals surface area contributed by atoms with Crippen molar-refractivity contribution in [2.45, 2.75) is 13.8 Å². The van der Waals surface area contributed by atoms with E-state index in [1.54, 1.807) is 4.81 Å². The first kappa shape index (κ1) is 15.3. The third-order valence-electron chi connectivity index (χ3n) is 3.90. The van der Waals surface area contributed by atoms with Crippen molar-refractivity contribution in [3.05, 3.63) is 65.7 Å². The van der Waals surface area contributed by atoms with E-state index in [2.05, 4.69) is 28.4 Å². The van der Waals surface area contributed by atoms with Crippen LogP contribution in [-0.4, -0.2) is 15.0 Å². The van der Waals surface area contributed by atoms with Gasteiger partial charge < -0.3 is 4.81 Å². The number of fused-ring (bicyclic) bond motifs is 1. The van der Waals surface area contributed by atoms with Gasteiger partial charge in [-0.2, -0.15) is 10.2 Å². The number of azo groups is 1. The highest BCUT2D eigenvalue weighted by molar-refractivity contribution is 6.17. The maximum absolute atomic E-state index is 5.83. The predicted octanol–water partition coefficient (Wildman–Crippen LogP) is 5.39. The molecule has 0 spiro atoms. The minimum absolute atomic E-state index is 0.848. The first-order valence-corrected chi connectivity index (χ1v) is 7.55. The molecule has 3 rings (SSSR count). The van der Waals surface area contributed by atoms with E-state index in [0.29, 0.717) is 0 Å². The zero-order valence-electron chi connectivity index (χ0n) is 13.6. The lowest BCUT2D eigenvalue weighted by Crippen LogP contribution is -2.12. The van der Waals surface area contributed by atoms with Crippen LogP contribution in [-0.2, 0) is 0 Å². The molecule has 0 bridgehead atoms. The summed E-state index contributed by atoms with van der Waals surface area (Å²) in [6, 6.07) is 18.4. The van der Waals surface area contributed by atoms with Crippen molar-refractivity contribution >= 4 is 35.8 Å². The van der Waals surface area contributed by atoms with Crippen LogP contribution in [0.4, 0.5) is 17.1 Å². The summed E-state index contributed by atoms with van der Waals surface area (Å²) < 4.78 is 0. The Kier molecular flexibility index (Phi) is 4.15. The van der Waals surface area contributed by atoms with E-state index in [4.69, 9.17) is 7.98 Å². The minimum atomic E-state index is 0.848. The summed E-state index contributed by atoms with van der Waals surface area (Å²) in [6.45, 7) is 4.04. The van der Waals surface area contributed by atoms with E-state index >= 15 is 0 Å². The number of aryl methyl sites for hydroxylation is 2. The molecule has 0 saturated heterocycles. The van der Waals surface area contributed by atoms with E-state index in [-0.39, 0.29) is 0 Å². The zero-order chi connectivity index (χ0) is 16.4. The van der Waals surface area contributed by atoms with Crippen LogP contribution < -0.4 is 4.81 Å². The van der Waals surface area contributed by atoms with Crippen LogP contribution in [0.1, 0.15) is 11.1 Å². The van der Waals surface area contributed by atoms with Crippen LogP contribution in [0.15, 0.2) is 64.8 Å². The Morgan fingerprint density at radius 2 is 1.57 bits per heavy atom. The van der Waals surface area contributed by atoms with E-state index in [1.165, 1.54) is 5.39 Å². The third kappa shape index (κ3) is 3.26. The fourth-order valence-electron chi connectivity index (χ4n) is 2.62. The van der Waals surface area contributed by atoms with Gasteiger partial charge in [0.1, 0.15) is 0 Å². The van der Waals surface area contributed by atoms with Crippen LogP contribution in [0.25, 0.3) is 10.8 Å². The van der Waals surface area contributed by atoms with Crippen molar-refractivity contribution < 1.29 is 0 Å². The normalized spacial score (nSPS) is 11.3. The Hall–Kier alpha value is -2.62. The molecule has 0 amide bonds. The Morgan fingerprint density at radius 3 is 2.30 bits per heavy atom. The lowest BCUT2D eigenvalue weighted by atomic mass is 10.1. The SMILES string of the molecule is [B]N(C)c1cc(C)c(N=Nc2ccc3ccccc3c2)cc1C. The number of anilines is 1. The molecule has 23 heavy (non-hydrogen) atoms. The highest BCUT2D eigenvalue weighted by Gasteiger charge is 2.05. The first-order valence-electron chi connectivity index (χ1n) is 7.55. The van der Waals surface area contributed by atoms with E-state index < -0.39 is 0 Å². The number of hydrogen-bond acceptors (Lipinski definition) is 3. The third-order valence-corrected chi connectivity index (χ3v) is 3.90. The number of rotatable bonds is 3. The predicted molar refractivity (Wildman–Crippen MR) is 98.2 cm³/mol. The molecule has 0 heterocycles. The molecule has 0 saturated carbocycles. The molecule has 0 aliphatic carbocycles. The molecule has 3 aromatic carbocycles. The molecule has 0 fully saturated rings. The fraction of sp³-hybridized carbons (Fsp3) is 0.158. The van der Waals surface area contributed by atoms with Crippen LogP contribution in [0.2, 0.25) is 0 Å². The van der Waals surface area contributed by atoms with Gasteiger partial charge in [-0.3, -0.25) is 0 Å². The summed E-state index contributed by atoms with van der Waals surface area (Å²) in [5.74, 6) is 0. The van der Waals surface area contributed by atoms with Gasteiger partial charge in [-0.15, -0.1) is 0 Å². The Morgan fingerprint density at radius 1 is 0.826 bits per heavy atom. The topological polar surface area (TPSA) is 28.0 Å². The molecule has 0 unspecified atom stereocenters. The van der Waals surface area contributed by atoms with Crippen molar-refractivity contribution in [3.8, 4) is 0 Å². The Bertz CT molecular complexity index is 885. The van der Waals surface area contributed by atoms with E-state index in [1.807, 2.05) is 57.3 Å². The van der Waals surface area contributed by atoms with Gasteiger partial charge in [0.2, 0.25) is 7.98 Å². The van der Waals surface area contributed by atoms with Gasteiger partial charge in [-0.05, 0) is 67.1 Å². The summed E-state index contributed by atoms with van der Waals surface area (Å²) in [7, 11) is 7.66. The molecular weight excluding hydrogens is 281 g/mol. The molecule has 3 aromatic rings. The molecule has 3 nitrogen and oxygen atoms in total. The first-order chi connectivity index (χ1) is 11.0. The molecule has 4 heteroatoms. The second-order valence-corrected chi connectivity index (χ2v) is 5.77. The number of benzene rings is 3. The molecule has 2 radical (unpaired) electrons. The van der Waals surface area contributed by atoms with Gasteiger partial charge in [0.15, 0.2) is 0 Å². The Balaban J connectivity index is 1.93. The van der Waals surface area contributed by atoms with Gasteiger partial charge in [0.05, 0.1) is 11.4 Å².